The Labute approximate surface area is 91.3 Å². The van der Waals surface area contributed by atoms with Gasteiger partial charge in [-0.1, -0.05) is 0 Å². The first kappa shape index (κ1) is 11.5. The van der Waals surface area contributed by atoms with E-state index < -0.39 is 23.7 Å². The molecule has 0 bridgehead atoms. The molecule has 78 valence electrons. The second-order valence-corrected chi connectivity index (χ2v) is 3.82. The second-order valence-electron chi connectivity index (χ2n) is 2.58. The van der Waals surface area contributed by atoms with E-state index >= 15 is 0 Å². The lowest BCUT2D eigenvalue weighted by Crippen LogP contribution is -2.29. The van der Waals surface area contributed by atoms with E-state index in [0.717, 1.165) is 0 Å². The molecule has 1 rings (SSSR count). The highest BCUT2D eigenvalue weighted by atomic mass is 127. The van der Waals surface area contributed by atoms with Gasteiger partial charge in [0.25, 0.3) is 0 Å². The summed E-state index contributed by atoms with van der Waals surface area (Å²) >= 11 is 1.82. The number of hydrogen-bond acceptors (Lipinski definition) is 3. The van der Waals surface area contributed by atoms with Crippen molar-refractivity contribution < 1.29 is 18.3 Å². The highest BCUT2D eigenvalue weighted by Gasteiger charge is 2.40. The van der Waals surface area contributed by atoms with Crippen LogP contribution in [0.3, 0.4) is 0 Å². The molecule has 0 aliphatic rings. The van der Waals surface area contributed by atoms with Crippen LogP contribution in [0.15, 0.2) is 12.3 Å². The van der Waals surface area contributed by atoms with Gasteiger partial charge in [0.15, 0.2) is 0 Å². The molecule has 0 fully saturated rings. The Morgan fingerprint density at radius 1 is 1.50 bits per heavy atom. The molecule has 0 saturated heterocycles. The molecule has 0 amide bonds. The van der Waals surface area contributed by atoms with Crippen molar-refractivity contribution in [2.45, 2.75) is 12.2 Å². The number of nitrogens with two attached hydrogens (primary N) is 1. The number of alkyl halides is 3. The van der Waals surface area contributed by atoms with E-state index in [1.807, 2.05) is 22.6 Å². The number of nitrogens with zero attached hydrogens (tertiary/aromatic N) is 1. The van der Waals surface area contributed by atoms with Crippen molar-refractivity contribution in [2.24, 2.45) is 5.73 Å². The molecule has 3 nitrogen and oxygen atoms in total. The number of rotatable bonds is 1. The number of pyridine rings is 1. The van der Waals surface area contributed by atoms with Crippen LogP contribution >= 0.6 is 22.6 Å². The minimum atomic E-state index is -4.60. The van der Waals surface area contributed by atoms with Crippen molar-refractivity contribution in [3.05, 3.63) is 21.5 Å². The first-order valence-electron chi connectivity index (χ1n) is 3.49. The van der Waals surface area contributed by atoms with Crippen LogP contribution in [0.1, 0.15) is 11.7 Å². The molecule has 3 N–H and O–H groups in total. The molecule has 7 heteroatoms. The summed E-state index contributed by atoms with van der Waals surface area (Å²) in [4.78, 5) is 3.44. The summed E-state index contributed by atoms with van der Waals surface area (Å²) in [6, 6.07) is -1.08. The van der Waals surface area contributed by atoms with Gasteiger partial charge in [-0.15, -0.1) is 0 Å². The monoisotopic (exact) mass is 318 g/mol. The molecule has 0 aliphatic heterocycles. The summed E-state index contributed by atoms with van der Waals surface area (Å²) in [5.41, 5.74) is 4.32. The molecule has 0 saturated carbocycles. The number of halogens is 4. The summed E-state index contributed by atoms with van der Waals surface area (Å²) in [6.45, 7) is 0. The fourth-order valence-corrected chi connectivity index (χ4v) is 1.27. The lowest BCUT2D eigenvalue weighted by Gasteiger charge is -2.15. The maximum absolute atomic E-state index is 12.1. The van der Waals surface area contributed by atoms with Crippen LogP contribution in [-0.4, -0.2) is 16.3 Å². The minimum Gasteiger partial charge on any atom is -0.506 e. The molecule has 1 aromatic rings. The van der Waals surface area contributed by atoms with E-state index in [2.05, 4.69) is 4.98 Å². The molecule has 0 aromatic carbocycles. The zero-order valence-electron chi connectivity index (χ0n) is 6.72. The van der Waals surface area contributed by atoms with Gasteiger partial charge in [0, 0.05) is 9.77 Å². The number of aromatic nitrogens is 1. The molecule has 0 unspecified atom stereocenters. The van der Waals surface area contributed by atoms with Gasteiger partial charge in [-0.05, 0) is 28.7 Å². The van der Waals surface area contributed by atoms with Crippen LogP contribution in [0.2, 0.25) is 0 Å². The van der Waals surface area contributed by atoms with Crippen molar-refractivity contribution in [1.82, 2.24) is 4.98 Å². The maximum atomic E-state index is 12.1. The van der Waals surface area contributed by atoms with E-state index in [1.54, 1.807) is 0 Å². The van der Waals surface area contributed by atoms with Crippen molar-refractivity contribution in [2.75, 3.05) is 0 Å². The van der Waals surface area contributed by atoms with E-state index in [-0.39, 0.29) is 0 Å². The molecule has 14 heavy (non-hydrogen) atoms. The van der Waals surface area contributed by atoms with E-state index in [9.17, 15) is 18.3 Å². The molecule has 0 radical (unpaired) electrons. The average Bonchev–Trinajstić information content (AvgIpc) is 2.01. The van der Waals surface area contributed by atoms with Gasteiger partial charge in [-0.25, -0.2) is 0 Å². The van der Waals surface area contributed by atoms with Crippen molar-refractivity contribution >= 4 is 22.6 Å². The molecule has 0 spiro atoms. The molecular weight excluding hydrogens is 312 g/mol. The fraction of sp³-hybridized carbons (Fsp3) is 0.286. The zero-order chi connectivity index (χ0) is 10.9. The smallest absolute Gasteiger partial charge is 0.409 e. The molecule has 1 aromatic heterocycles. The highest BCUT2D eigenvalue weighted by molar-refractivity contribution is 14.1. The summed E-state index contributed by atoms with van der Waals surface area (Å²) in [5, 5.41) is 9.18. The Morgan fingerprint density at radius 2 is 2.07 bits per heavy atom. The van der Waals surface area contributed by atoms with E-state index in [1.165, 1.54) is 12.3 Å². The predicted molar refractivity (Wildman–Crippen MR) is 51.6 cm³/mol. The van der Waals surface area contributed by atoms with Gasteiger partial charge in [-0.2, -0.15) is 13.2 Å². The van der Waals surface area contributed by atoms with Crippen LogP contribution in [0.25, 0.3) is 0 Å². The third-order valence-electron chi connectivity index (χ3n) is 1.51. The second kappa shape index (κ2) is 3.89. The molecular formula is C7H6F3IN2O. The van der Waals surface area contributed by atoms with Crippen LogP contribution in [0.4, 0.5) is 13.2 Å². The molecule has 1 heterocycles. The van der Waals surface area contributed by atoms with Crippen LogP contribution in [0, 0.1) is 3.57 Å². The summed E-state index contributed by atoms with van der Waals surface area (Å²) in [5.74, 6) is -0.540. The van der Waals surface area contributed by atoms with Gasteiger partial charge in [0.2, 0.25) is 0 Å². The van der Waals surface area contributed by atoms with Crippen LogP contribution in [0.5, 0.6) is 5.75 Å². The Hall–Kier alpha value is -0.570. The van der Waals surface area contributed by atoms with Crippen molar-refractivity contribution in [3.8, 4) is 5.75 Å². The SMILES string of the molecule is N[C@@H](c1ncc(I)cc1O)C(F)(F)F. The Bertz CT molecular complexity index is 342. The normalized spacial score (nSPS) is 14.1. The van der Waals surface area contributed by atoms with Gasteiger partial charge in [0.05, 0.1) is 0 Å². The number of aromatic hydroxyl groups is 1. The quantitative estimate of drug-likeness (QED) is 0.778. The highest BCUT2D eigenvalue weighted by Crippen LogP contribution is 2.33. The third-order valence-corrected chi connectivity index (χ3v) is 2.10. The minimum absolute atomic E-state index is 0.540. The fourth-order valence-electron chi connectivity index (χ4n) is 0.834. The Morgan fingerprint density at radius 3 is 2.50 bits per heavy atom. The van der Waals surface area contributed by atoms with Crippen LogP contribution < -0.4 is 5.73 Å². The first-order valence-corrected chi connectivity index (χ1v) is 4.57. The van der Waals surface area contributed by atoms with Crippen molar-refractivity contribution in [1.29, 1.82) is 0 Å². The average molecular weight is 318 g/mol. The first-order chi connectivity index (χ1) is 6.32. The van der Waals surface area contributed by atoms with Gasteiger partial charge in [0.1, 0.15) is 17.5 Å². The summed E-state index contributed by atoms with van der Waals surface area (Å²) in [6.07, 6.45) is -3.39. The largest absolute Gasteiger partial charge is 0.506 e. The Kier molecular flexibility index (Phi) is 3.20. The summed E-state index contributed by atoms with van der Waals surface area (Å²) in [7, 11) is 0. The van der Waals surface area contributed by atoms with E-state index in [4.69, 9.17) is 5.73 Å². The summed E-state index contributed by atoms with van der Waals surface area (Å²) < 4.78 is 37.0. The Balaban J connectivity index is 3.08. The lowest BCUT2D eigenvalue weighted by atomic mass is 10.2. The number of hydrogen-bond donors (Lipinski definition) is 2. The topological polar surface area (TPSA) is 59.1 Å². The maximum Gasteiger partial charge on any atom is 0.409 e. The zero-order valence-corrected chi connectivity index (χ0v) is 8.87. The molecule has 0 aliphatic carbocycles. The third kappa shape index (κ3) is 2.47. The molecule has 1 atom stereocenters. The standard InChI is InChI=1S/C7H6F3IN2O/c8-7(9,10)6(12)5-4(14)1-3(11)2-13-5/h1-2,6,14H,12H2/t6-/m0/s1. The predicted octanol–water partition coefficient (Wildman–Crippen LogP) is 1.95. The van der Waals surface area contributed by atoms with Gasteiger partial charge < -0.3 is 10.8 Å². The van der Waals surface area contributed by atoms with Crippen LogP contribution in [-0.2, 0) is 0 Å². The van der Waals surface area contributed by atoms with Gasteiger partial charge in [-0.3, -0.25) is 4.98 Å². The lowest BCUT2D eigenvalue weighted by molar-refractivity contribution is -0.150. The van der Waals surface area contributed by atoms with Gasteiger partial charge >= 0.3 is 6.18 Å². The van der Waals surface area contributed by atoms with E-state index in [0.29, 0.717) is 3.57 Å². The van der Waals surface area contributed by atoms with Crippen molar-refractivity contribution in [3.63, 3.8) is 0 Å².